The third kappa shape index (κ3) is 2.37. The minimum atomic E-state index is -2.09. The van der Waals surface area contributed by atoms with Crippen LogP contribution in [0.5, 0.6) is 0 Å². The molecule has 0 spiro atoms. The summed E-state index contributed by atoms with van der Waals surface area (Å²) in [6, 6.07) is -0.523. The van der Waals surface area contributed by atoms with Crippen LogP contribution in [0.25, 0.3) is 10.9 Å². The van der Waals surface area contributed by atoms with Gasteiger partial charge in [-0.3, -0.25) is 14.9 Å². The van der Waals surface area contributed by atoms with Crippen LogP contribution in [-0.4, -0.2) is 27.8 Å². The van der Waals surface area contributed by atoms with Crippen molar-refractivity contribution in [3.8, 4) is 0 Å². The van der Waals surface area contributed by atoms with Crippen LogP contribution in [0.15, 0.2) is 9.82 Å². The zero-order chi connectivity index (χ0) is 19.3. The highest BCUT2D eigenvalue weighted by atomic mass is 32.2. The standard InChI is InChI=1S/C15H11F3N2O5S/c1-3-25-15(22)7-13(21)6-11(19-5(2)4-26-14(7)19)9(17)8(16)10(18)12(6)20(23)24/h5H,3-4H2,1-2H3. The third-order valence-electron chi connectivity index (χ3n) is 3.97. The van der Waals surface area contributed by atoms with Crippen molar-refractivity contribution in [3.05, 3.63) is 43.4 Å². The molecule has 0 N–H and O–H groups in total. The van der Waals surface area contributed by atoms with E-state index in [9.17, 15) is 32.9 Å². The first-order valence-corrected chi connectivity index (χ1v) is 8.43. The summed E-state index contributed by atoms with van der Waals surface area (Å²) >= 11 is 1.03. The van der Waals surface area contributed by atoms with Gasteiger partial charge in [-0.2, -0.15) is 4.39 Å². The van der Waals surface area contributed by atoms with E-state index in [-0.39, 0.29) is 11.6 Å². The van der Waals surface area contributed by atoms with E-state index in [0.29, 0.717) is 5.75 Å². The summed E-state index contributed by atoms with van der Waals surface area (Å²) in [6.45, 7) is 3.00. The lowest BCUT2D eigenvalue weighted by atomic mass is 10.1. The summed E-state index contributed by atoms with van der Waals surface area (Å²) in [6.07, 6.45) is 0. The van der Waals surface area contributed by atoms with E-state index in [1.165, 1.54) is 6.92 Å². The van der Waals surface area contributed by atoms with E-state index in [1.807, 2.05) is 0 Å². The Morgan fingerprint density at radius 1 is 1.35 bits per heavy atom. The third-order valence-corrected chi connectivity index (χ3v) is 5.29. The maximum Gasteiger partial charge on any atom is 0.344 e. The number of hydrogen-bond acceptors (Lipinski definition) is 6. The van der Waals surface area contributed by atoms with Crippen LogP contribution in [0.4, 0.5) is 18.9 Å². The van der Waals surface area contributed by atoms with Crippen molar-refractivity contribution in [2.24, 2.45) is 0 Å². The maximum atomic E-state index is 14.5. The molecule has 0 bridgehead atoms. The van der Waals surface area contributed by atoms with Crippen LogP contribution in [0.2, 0.25) is 0 Å². The molecule has 1 atom stereocenters. The highest BCUT2D eigenvalue weighted by Gasteiger charge is 2.38. The highest BCUT2D eigenvalue weighted by Crippen LogP contribution is 2.41. The van der Waals surface area contributed by atoms with Gasteiger partial charge in [-0.05, 0) is 13.8 Å². The Morgan fingerprint density at radius 3 is 2.58 bits per heavy atom. The molecule has 2 aromatic rings. The average molecular weight is 388 g/mol. The van der Waals surface area contributed by atoms with Gasteiger partial charge in [-0.25, -0.2) is 13.6 Å². The number of carbonyl (C=O) groups excluding carboxylic acids is 1. The number of halogens is 3. The summed E-state index contributed by atoms with van der Waals surface area (Å²) in [7, 11) is 0. The number of pyridine rings is 1. The zero-order valence-corrected chi connectivity index (χ0v) is 14.3. The Bertz CT molecular complexity index is 1040. The van der Waals surface area contributed by atoms with Crippen molar-refractivity contribution < 1.29 is 27.6 Å². The molecule has 0 radical (unpaired) electrons. The molecule has 0 saturated carbocycles. The second-order valence-electron chi connectivity index (χ2n) is 5.53. The fourth-order valence-electron chi connectivity index (χ4n) is 2.91. The molecular weight excluding hydrogens is 377 g/mol. The van der Waals surface area contributed by atoms with E-state index >= 15 is 0 Å². The quantitative estimate of drug-likeness (QED) is 0.347. The number of thioether (sulfide) groups is 1. The van der Waals surface area contributed by atoms with Crippen LogP contribution in [0.3, 0.4) is 0 Å². The zero-order valence-electron chi connectivity index (χ0n) is 13.5. The fourth-order valence-corrected chi connectivity index (χ4v) is 4.19. The second-order valence-corrected chi connectivity index (χ2v) is 6.54. The van der Waals surface area contributed by atoms with E-state index in [1.54, 1.807) is 6.92 Å². The number of carbonyl (C=O) groups is 1. The van der Waals surface area contributed by atoms with Crippen molar-refractivity contribution in [3.63, 3.8) is 0 Å². The van der Waals surface area contributed by atoms with Crippen LogP contribution in [0, 0.1) is 27.6 Å². The Balaban J connectivity index is 2.63. The molecule has 138 valence electrons. The summed E-state index contributed by atoms with van der Waals surface area (Å²) < 4.78 is 48.3. The van der Waals surface area contributed by atoms with Crippen LogP contribution < -0.4 is 5.43 Å². The molecular formula is C15H11F3N2O5S. The van der Waals surface area contributed by atoms with Crippen LogP contribution in [0.1, 0.15) is 30.2 Å². The van der Waals surface area contributed by atoms with E-state index < -0.39 is 62.0 Å². The molecule has 1 unspecified atom stereocenters. The molecule has 1 aromatic heterocycles. The number of nitro benzene ring substituents is 1. The lowest BCUT2D eigenvalue weighted by Crippen LogP contribution is -2.25. The van der Waals surface area contributed by atoms with Crippen molar-refractivity contribution >= 4 is 34.3 Å². The highest BCUT2D eigenvalue weighted by molar-refractivity contribution is 7.99. The average Bonchev–Trinajstić information content (AvgIpc) is 2.94. The molecule has 0 aliphatic carbocycles. The predicted octanol–water partition coefficient (Wildman–Crippen LogP) is 3.17. The van der Waals surface area contributed by atoms with E-state index in [0.717, 1.165) is 16.3 Å². The minimum absolute atomic E-state index is 0.00709. The molecule has 2 heterocycles. The number of fused-ring (bicyclic) bond motifs is 3. The van der Waals surface area contributed by atoms with Crippen LogP contribution in [-0.2, 0) is 4.74 Å². The Kier molecular flexibility index (Phi) is 4.42. The van der Waals surface area contributed by atoms with Crippen molar-refractivity contribution in [1.82, 2.24) is 4.57 Å². The summed E-state index contributed by atoms with van der Waals surface area (Å²) in [5, 5.41) is 10.3. The summed E-state index contributed by atoms with van der Waals surface area (Å²) in [5.41, 5.74) is -4.06. The maximum absolute atomic E-state index is 14.5. The molecule has 1 aliphatic heterocycles. The first-order chi connectivity index (χ1) is 12.2. The molecule has 1 aromatic carbocycles. The Hall–Kier alpha value is -2.56. The summed E-state index contributed by atoms with van der Waals surface area (Å²) in [4.78, 5) is 34.9. The van der Waals surface area contributed by atoms with Crippen molar-refractivity contribution in [2.45, 2.75) is 24.9 Å². The SMILES string of the molecule is CCOC(=O)c1c2n(c3c(F)c(F)c(F)c([N+](=O)[O-])c3c1=O)C(C)CS2. The summed E-state index contributed by atoms with van der Waals surface area (Å²) in [5.74, 6) is -6.62. The first kappa shape index (κ1) is 18.2. The molecule has 7 nitrogen and oxygen atoms in total. The van der Waals surface area contributed by atoms with Gasteiger partial charge in [0.1, 0.15) is 10.9 Å². The van der Waals surface area contributed by atoms with Gasteiger partial charge in [0.2, 0.25) is 17.1 Å². The largest absolute Gasteiger partial charge is 0.462 e. The Morgan fingerprint density at radius 2 is 2.00 bits per heavy atom. The number of nitrogens with zero attached hydrogens (tertiary/aromatic N) is 2. The number of ether oxygens (including phenoxy) is 1. The molecule has 1 aliphatic rings. The van der Waals surface area contributed by atoms with Gasteiger partial charge in [-0.1, -0.05) is 0 Å². The van der Waals surface area contributed by atoms with Gasteiger partial charge in [-0.15, -0.1) is 11.8 Å². The lowest BCUT2D eigenvalue weighted by molar-refractivity contribution is -0.386. The molecule has 0 saturated heterocycles. The molecule has 3 rings (SSSR count). The number of aromatic nitrogens is 1. The number of benzene rings is 1. The molecule has 0 fully saturated rings. The smallest absolute Gasteiger partial charge is 0.344 e. The minimum Gasteiger partial charge on any atom is -0.462 e. The van der Waals surface area contributed by atoms with Gasteiger partial charge in [0.05, 0.1) is 22.1 Å². The van der Waals surface area contributed by atoms with E-state index in [2.05, 4.69) is 0 Å². The topological polar surface area (TPSA) is 91.4 Å². The lowest BCUT2D eigenvalue weighted by Gasteiger charge is -2.17. The Labute approximate surface area is 147 Å². The van der Waals surface area contributed by atoms with Gasteiger partial charge >= 0.3 is 11.7 Å². The van der Waals surface area contributed by atoms with Gasteiger partial charge in [0.15, 0.2) is 5.82 Å². The normalized spacial score (nSPS) is 16.0. The van der Waals surface area contributed by atoms with Crippen molar-refractivity contribution in [1.29, 1.82) is 0 Å². The number of esters is 1. The number of hydrogen-bond donors (Lipinski definition) is 0. The predicted molar refractivity (Wildman–Crippen MR) is 86.1 cm³/mol. The first-order valence-electron chi connectivity index (χ1n) is 7.45. The number of nitro groups is 1. The van der Waals surface area contributed by atoms with Crippen LogP contribution >= 0.6 is 11.8 Å². The van der Waals surface area contributed by atoms with E-state index in [4.69, 9.17) is 4.74 Å². The molecule has 0 amide bonds. The monoisotopic (exact) mass is 388 g/mol. The molecule has 11 heteroatoms. The second kappa shape index (κ2) is 6.31. The molecule has 26 heavy (non-hydrogen) atoms. The van der Waals surface area contributed by atoms with Crippen molar-refractivity contribution in [2.75, 3.05) is 12.4 Å². The van der Waals surface area contributed by atoms with Gasteiger partial charge in [0, 0.05) is 11.8 Å². The van der Waals surface area contributed by atoms with Gasteiger partial charge in [0.25, 0.3) is 0 Å². The van der Waals surface area contributed by atoms with Gasteiger partial charge < -0.3 is 9.30 Å². The fraction of sp³-hybridized carbons (Fsp3) is 0.333. The number of rotatable bonds is 3.